The monoisotopic (exact) mass is 616 g/mol. The third-order valence-corrected chi connectivity index (χ3v) is 8.28. The van der Waals surface area contributed by atoms with Gasteiger partial charge in [-0.25, -0.2) is 0 Å². The lowest BCUT2D eigenvalue weighted by molar-refractivity contribution is 1.25. The van der Waals surface area contributed by atoms with E-state index in [9.17, 15) is 0 Å². The summed E-state index contributed by atoms with van der Waals surface area (Å²) >= 11 is 0. The molecule has 0 aromatic heterocycles. The Hall–Kier alpha value is -6.38. The zero-order valence-electron chi connectivity index (χ0n) is 26.7. The summed E-state index contributed by atoms with van der Waals surface area (Å²) in [6.07, 6.45) is 6.51. The van der Waals surface area contributed by atoms with E-state index >= 15 is 0 Å². The second kappa shape index (κ2) is 14.8. The molecule has 0 saturated heterocycles. The quantitative estimate of drug-likeness (QED) is 0.141. The Labute approximate surface area is 283 Å². The van der Waals surface area contributed by atoms with Crippen molar-refractivity contribution in [1.82, 2.24) is 0 Å². The van der Waals surface area contributed by atoms with E-state index in [1.54, 1.807) is 0 Å². The van der Waals surface area contributed by atoms with Gasteiger partial charge in [-0.05, 0) is 95.1 Å². The normalized spacial score (nSPS) is 10.8. The predicted molar refractivity (Wildman–Crippen MR) is 205 cm³/mol. The van der Waals surface area contributed by atoms with Crippen LogP contribution in [0.15, 0.2) is 212 Å². The average molecular weight is 617 g/mol. The summed E-state index contributed by atoms with van der Waals surface area (Å²) in [7, 11) is 0. The van der Waals surface area contributed by atoms with Crippen LogP contribution in [-0.2, 0) is 0 Å². The lowest BCUT2D eigenvalue weighted by Crippen LogP contribution is -2.12. The molecule has 0 amide bonds. The van der Waals surface area contributed by atoms with E-state index in [-0.39, 0.29) is 0 Å². The molecule has 0 spiro atoms. The van der Waals surface area contributed by atoms with Crippen LogP contribution in [0.1, 0.15) is 16.7 Å². The van der Waals surface area contributed by atoms with Gasteiger partial charge in [-0.3, -0.25) is 0 Å². The van der Waals surface area contributed by atoms with Gasteiger partial charge >= 0.3 is 0 Å². The van der Waals surface area contributed by atoms with Crippen molar-refractivity contribution in [1.29, 1.82) is 0 Å². The second-order valence-electron chi connectivity index (χ2n) is 11.5. The average Bonchev–Trinajstić information content (AvgIpc) is 3.17. The van der Waals surface area contributed by atoms with E-state index in [0.29, 0.717) is 0 Å². The van der Waals surface area contributed by atoms with Gasteiger partial charge in [-0.15, -0.1) is 0 Å². The van der Waals surface area contributed by atoms with Crippen LogP contribution in [0.3, 0.4) is 0 Å². The first kappa shape index (κ1) is 30.3. The molecular weight excluding hydrogens is 581 g/mol. The van der Waals surface area contributed by atoms with Crippen LogP contribution in [0.25, 0.3) is 11.6 Å². The first-order valence-corrected chi connectivity index (χ1v) is 16.3. The van der Waals surface area contributed by atoms with Crippen LogP contribution in [-0.4, -0.2) is 0 Å². The van der Waals surface area contributed by atoms with E-state index in [0.717, 1.165) is 39.7 Å². The molecule has 0 N–H and O–H groups in total. The third-order valence-electron chi connectivity index (χ3n) is 8.28. The Morgan fingerprint density at radius 1 is 0.312 bits per heavy atom. The summed E-state index contributed by atoms with van der Waals surface area (Å²) in [5.74, 6) is 0. The zero-order chi connectivity index (χ0) is 32.4. The largest absolute Gasteiger partial charge is 0.311 e. The number of rotatable bonds is 10. The molecule has 0 aliphatic carbocycles. The predicted octanol–water partition coefficient (Wildman–Crippen LogP) is 12.8. The molecule has 0 atom stereocenters. The van der Waals surface area contributed by atoms with Crippen LogP contribution in [0.4, 0.5) is 34.1 Å². The Morgan fingerprint density at radius 2 is 0.604 bits per heavy atom. The minimum Gasteiger partial charge on any atom is -0.311 e. The molecule has 0 aliphatic heterocycles. The van der Waals surface area contributed by atoms with Crippen LogP contribution in [0, 0.1) is 0 Å². The molecule has 2 nitrogen and oxygen atoms in total. The van der Waals surface area contributed by atoms with Gasteiger partial charge in [0.2, 0.25) is 0 Å². The van der Waals surface area contributed by atoms with Crippen LogP contribution < -0.4 is 9.80 Å². The van der Waals surface area contributed by atoms with E-state index in [1.165, 1.54) is 16.7 Å². The zero-order valence-corrected chi connectivity index (χ0v) is 26.7. The summed E-state index contributed by atoms with van der Waals surface area (Å²) in [6, 6.07) is 70.2. The fourth-order valence-corrected chi connectivity index (χ4v) is 5.96. The summed E-state index contributed by atoms with van der Waals surface area (Å²) < 4.78 is 0. The summed E-state index contributed by atoms with van der Waals surface area (Å²) in [4.78, 5) is 4.59. The van der Waals surface area contributed by atoms with Crippen molar-refractivity contribution in [2.24, 2.45) is 0 Å². The number of benzene rings is 7. The van der Waals surface area contributed by atoms with Crippen LogP contribution >= 0.6 is 0 Å². The lowest BCUT2D eigenvalue weighted by atomic mass is 9.97. The maximum Gasteiger partial charge on any atom is 0.0463 e. The van der Waals surface area contributed by atoms with Crippen molar-refractivity contribution in [3.8, 4) is 0 Å². The number of hydrogen-bond donors (Lipinski definition) is 0. The number of para-hydroxylation sites is 3. The van der Waals surface area contributed by atoms with Crippen molar-refractivity contribution < 1.29 is 0 Å². The molecule has 0 saturated carbocycles. The molecule has 0 unspecified atom stereocenters. The summed E-state index contributed by atoms with van der Waals surface area (Å²) in [5, 5.41) is 0. The van der Waals surface area contributed by atoms with Crippen molar-refractivity contribution in [2.45, 2.75) is 0 Å². The van der Waals surface area contributed by atoms with Gasteiger partial charge in [-0.1, -0.05) is 146 Å². The van der Waals surface area contributed by atoms with Crippen molar-refractivity contribution >= 4 is 45.8 Å². The van der Waals surface area contributed by atoms with E-state index in [2.05, 4.69) is 228 Å². The first-order chi connectivity index (χ1) is 23.8. The molecule has 2 heteroatoms. The van der Waals surface area contributed by atoms with Gasteiger partial charge < -0.3 is 9.80 Å². The maximum atomic E-state index is 2.30. The second-order valence-corrected chi connectivity index (χ2v) is 11.5. The van der Waals surface area contributed by atoms with Gasteiger partial charge in [0.05, 0.1) is 0 Å². The Kier molecular flexibility index (Phi) is 9.34. The lowest BCUT2D eigenvalue weighted by Gasteiger charge is -2.28. The van der Waals surface area contributed by atoms with Gasteiger partial charge in [-0.2, -0.15) is 0 Å². The van der Waals surface area contributed by atoms with Crippen molar-refractivity contribution in [2.75, 3.05) is 9.80 Å². The molecule has 0 bridgehead atoms. The number of hydrogen-bond acceptors (Lipinski definition) is 2. The molecule has 7 rings (SSSR count). The highest BCUT2D eigenvalue weighted by Gasteiger charge is 2.15. The van der Waals surface area contributed by atoms with Crippen molar-refractivity contribution in [3.63, 3.8) is 0 Å². The molecule has 7 aromatic carbocycles. The molecule has 0 aliphatic rings. The first-order valence-electron chi connectivity index (χ1n) is 16.3. The van der Waals surface area contributed by atoms with Gasteiger partial charge in [0.15, 0.2) is 0 Å². The molecule has 0 radical (unpaired) electrons. The minimum atomic E-state index is 1.09. The minimum absolute atomic E-state index is 1.09. The standard InChI is InChI=1S/C46H36N2/c1-6-18-38(19-7-1)46(39-20-8-2-9-21-39)28-16-17-37-29-31-43(32-30-37)48(42-26-14-5-15-27-42)45-35-33-44(34-36-45)47(40-22-10-3-11-23-40)41-24-12-4-13-25-41/h1-36H/b17-16+. The number of anilines is 6. The van der Waals surface area contributed by atoms with E-state index < -0.39 is 0 Å². The smallest absolute Gasteiger partial charge is 0.0463 e. The molecule has 7 aromatic rings. The highest BCUT2D eigenvalue weighted by molar-refractivity contribution is 5.83. The fraction of sp³-hybridized carbons (Fsp3) is 0. The highest BCUT2D eigenvalue weighted by Crippen LogP contribution is 2.39. The molecule has 0 fully saturated rings. The molecular formula is C46H36N2. The summed E-state index contributed by atoms with van der Waals surface area (Å²) in [5.41, 5.74) is 11.4. The van der Waals surface area contributed by atoms with E-state index in [4.69, 9.17) is 0 Å². The SMILES string of the molecule is C(/C=C/c1ccc(N(c2ccccc2)c2ccc(N(c3ccccc3)c3ccccc3)cc2)cc1)=C(c1ccccc1)c1ccccc1. The molecule has 230 valence electrons. The van der Waals surface area contributed by atoms with Gasteiger partial charge in [0, 0.05) is 34.1 Å². The van der Waals surface area contributed by atoms with E-state index in [1.807, 2.05) is 0 Å². The molecule has 48 heavy (non-hydrogen) atoms. The Morgan fingerprint density at radius 3 is 0.958 bits per heavy atom. The highest BCUT2D eigenvalue weighted by atomic mass is 15.2. The van der Waals surface area contributed by atoms with Crippen molar-refractivity contribution in [3.05, 3.63) is 229 Å². The van der Waals surface area contributed by atoms with Gasteiger partial charge in [0.25, 0.3) is 0 Å². The summed E-state index contributed by atoms with van der Waals surface area (Å²) in [6.45, 7) is 0. The topological polar surface area (TPSA) is 6.48 Å². The molecule has 0 heterocycles. The fourth-order valence-electron chi connectivity index (χ4n) is 5.96. The number of allylic oxidation sites excluding steroid dienone is 2. The Balaban J connectivity index is 1.18. The Bertz CT molecular complexity index is 1990. The maximum absolute atomic E-state index is 2.30. The van der Waals surface area contributed by atoms with Crippen LogP contribution in [0.5, 0.6) is 0 Å². The third kappa shape index (κ3) is 7.04. The van der Waals surface area contributed by atoms with Gasteiger partial charge in [0.1, 0.15) is 0 Å². The van der Waals surface area contributed by atoms with Crippen LogP contribution in [0.2, 0.25) is 0 Å². The number of nitrogens with zero attached hydrogens (tertiary/aromatic N) is 2.